The van der Waals surface area contributed by atoms with Crippen LogP contribution in [0.5, 0.6) is 0 Å². The smallest absolute Gasteiger partial charge is 0.228 e. The van der Waals surface area contributed by atoms with Crippen LogP contribution in [0.2, 0.25) is 0 Å². The van der Waals surface area contributed by atoms with Crippen LogP contribution in [0.1, 0.15) is 24.8 Å². The monoisotopic (exact) mass is 365 g/mol. The first-order valence-corrected chi connectivity index (χ1v) is 8.92. The summed E-state index contributed by atoms with van der Waals surface area (Å²) in [4.78, 5) is 28.9. The quantitative estimate of drug-likeness (QED) is 0.867. The van der Waals surface area contributed by atoms with Gasteiger partial charge >= 0.3 is 0 Å². The Hall–Kier alpha value is -1.59. The number of piperidine rings is 1. The van der Waals surface area contributed by atoms with Crippen molar-refractivity contribution in [3.05, 3.63) is 35.9 Å². The number of likely N-dealkylation sites (tertiary alicyclic amines) is 2. The maximum Gasteiger partial charge on any atom is 0.228 e. The lowest BCUT2D eigenvalue weighted by Crippen LogP contribution is -2.45. The standard InChI is InChI=1S/C19H27N3O2.ClH/c1-20-11-16-8-5-9-21(13-16)19(24)17-10-18(23)22(14-17)12-15-6-3-2-4-7-15;/h2-4,6-7,16-17,20H,5,8-14H2,1H3;1H. The van der Waals surface area contributed by atoms with Crippen LogP contribution in [0.25, 0.3) is 0 Å². The zero-order valence-electron chi connectivity index (χ0n) is 14.8. The Bertz CT molecular complexity index is 579. The number of carbonyl (C=O) groups is 2. The highest BCUT2D eigenvalue weighted by Gasteiger charge is 2.37. The fourth-order valence-corrected chi connectivity index (χ4v) is 3.87. The summed E-state index contributed by atoms with van der Waals surface area (Å²) in [5, 5.41) is 3.21. The van der Waals surface area contributed by atoms with Crippen molar-refractivity contribution in [1.29, 1.82) is 0 Å². The van der Waals surface area contributed by atoms with Gasteiger partial charge < -0.3 is 15.1 Å². The molecule has 2 aliphatic rings. The molecule has 0 aromatic heterocycles. The number of nitrogens with zero attached hydrogens (tertiary/aromatic N) is 2. The van der Waals surface area contributed by atoms with Crippen molar-refractivity contribution >= 4 is 24.2 Å². The molecule has 6 heteroatoms. The maximum atomic E-state index is 12.8. The molecule has 2 aliphatic heterocycles. The molecule has 2 atom stereocenters. The summed E-state index contributed by atoms with van der Waals surface area (Å²) in [6.45, 7) is 3.77. The van der Waals surface area contributed by atoms with E-state index in [2.05, 4.69) is 5.32 Å². The molecule has 0 aliphatic carbocycles. The van der Waals surface area contributed by atoms with E-state index in [1.54, 1.807) is 0 Å². The van der Waals surface area contributed by atoms with Gasteiger partial charge in [-0.15, -0.1) is 12.4 Å². The second kappa shape index (κ2) is 9.20. The van der Waals surface area contributed by atoms with Crippen molar-refractivity contribution < 1.29 is 9.59 Å². The Morgan fingerprint density at radius 1 is 1.24 bits per heavy atom. The van der Waals surface area contributed by atoms with Gasteiger partial charge in [0.1, 0.15) is 0 Å². The molecule has 0 saturated carbocycles. The Morgan fingerprint density at radius 2 is 2.00 bits per heavy atom. The molecule has 138 valence electrons. The molecule has 2 heterocycles. The summed E-state index contributed by atoms with van der Waals surface area (Å²) < 4.78 is 0. The van der Waals surface area contributed by atoms with E-state index in [-0.39, 0.29) is 30.1 Å². The Morgan fingerprint density at radius 3 is 2.72 bits per heavy atom. The number of amides is 2. The highest BCUT2D eigenvalue weighted by atomic mass is 35.5. The molecule has 25 heavy (non-hydrogen) atoms. The van der Waals surface area contributed by atoms with E-state index >= 15 is 0 Å². The second-order valence-electron chi connectivity index (χ2n) is 7.01. The lowest BCUT2D eigenvalue weighted by atomic mass is 9.96. The van der Waals surface area contributed by atoms with Gasteiger partial charge in [-0.1, -0.05) is 30.3 Å². The fourth-order valence-electron chi connectivity index (χ4n) is 3.87. The van der Waals surface area contributed by atoms with Crippen LogP contribution >= 0.6 is 12.4 Å². The molecule has 2 fully saturated rings. The number of rotatable bonds is 5. The van der Waals surface area contributed by atoms with Crippen molar-refractivity contribution in [2.24, 2.45) is 11.8 Å². The van der Waals surface area contributed by atoms with Gasteiger partial charge in [0.2, 0.25) is 11.8 Å². The molecule has 2 unspecified atom stereocenters. The molecule has 3 rings (SSSR count). The normalized spacial score (nSPS) is 23.5. The molecule has 0 spiro atoms. The van der Waals surface area contributed by atoms with Gasteiger partial charge in [0.25, 0.3) is 0 Å². The minimum atomic E-state index is -0.172. The molecule has 0 radical (unpaired) electrons. The van der Waals surface area contributed by atoms with Crippen LogP contribution in [0, 0.1) is 11.8 Å². The molecule has 0 bridgehead atoms. The van der Waals surface area contributed by atoms with Gasteiger partial charge in [-0.3, -0.25) is 9.59 Å². The van der Waals surface area contributed by atoms with E-state index in [0.29, 0.717) is 25.4 Å². The average Bonchev–Trinajstić information content (AvgIpc) is 2.96. The van der Waals surface area contributed by atoms with Crippen LogP contribution in [-0.4, -0.2) is 54.8 Å². The molecule has 1 aromatic carbocycles. The lowest BCUT2D eigenvalue weighted by Gasteiger charge is -2.34. The van der Waals surface area contributed by atoms with E-state index in [1.165, 1.54) is 6.42 Å². The zero-order valence-corrected chi connectivity index (χ0v) is 15.6. The van der Waals surface area contributed by atoms with E-state index in [1.807, 2.05) is 47.2 Å². The highest BCUT2D eigenvalue weighted by Crippen LogP contribution is 2.25. The maximum absolute atomic E-state index is 12.8. The minimum Gasteiger partial charge on any atom is -0.342 e. The van der Waals surface area contributed by atoms with Crippen molar-refractivity contribution in [1.82, 2.24) is 15.1 Å². The Balaban J connectivity index is 0.00000225. The van der Waals surface area contributed by atoms with Crippen LogP contribution in [0.15, 0.2) is 30.3 Å². The van der Waals surface area contributed by atoms with Crippen LogP contribution in [0.4, 0.5) is 0 Å². The lowest BCUT2D eigenvalue weighted by molar-refractivity contribution is -0.137. The third-order valence-corrected chi connectivity index (χ3v) is 5.10. The van der Waals surface area contributed by atoms with Crippen LogP contribution < -0.4 is 5.32 Å². The van der Waals surface area contributed by atoms with Crippen molar-refractivity contribution in [2.75, 3.05) is 33.2 Å². The molecule has 5 nitrogen and oxygen atoms in total. The Kier molecular flexibility index (Phi) is 7.26. The first-order chi connectivity index (χ1) is 11.7. The van der Waals surface area contributed by atoms with Crippen molar-refractivity contribution in [3.8, 4) is 0 Å². The van der Waals surface area contributed by atoms with Crippen LogP contribution in [-0.2, 0) is 16.1 Å². The van der Waals surface area contributed by atoms with Crippen molar-refractivity contribution in [2.45, 2.75) is 25.8 Å². The van der Waals surface area contributed by atoms with Crippen LogP contribution in [0.3, 0.4) is 0 Å². The SMILES string of the molecule is CNCC1CCCN(C(=O)C2CC(=O)N(Cc3ccccc3)C2)C1.Cl. The first-order valence-electron chi connectivity index (χ1n) is 8.92. The molecule has 1 aromatic rings. The largest absolute Gasteiger partial charge is 0.342 e. The Labute approximate surface area is 156 Å². The minimum absolute atomic E-state index is 0. The van der Waals surface area contributed by atoms with Gasteiger partial charge in [0, 0.05) is 32.6 Å². The molecule has 2 saturated heterocycles. The molecule has 2 amide bonds. The number of halogens is 1. The third-order valence-electron chi connectivity index (χ3n) is 5.10. The van der Waals surface area contributed by atoms with Crippen molar-refractivity contribution in [3.63, 3.8) is 0 Å². The van der Waals surface area contributed by atoms with Gasteiger partial charge in [-0.25, -0.2) is 0 Å². The summed E-state index contributed by atoms with van der Waals surface area (Å²) in [7, 11) is 1.96. The summed E-state index contributed by atoms with van der Waals surface area (Å²) >= 11 is 0. The number of carbonyl (C=O) groups excluding carboxylic acids is 2. The predicted molar refractivity (Wildman–Crippen MR) is 100 cm³/mol. The average molecular weight is 366 g/mol. The van der Waals surface area contributed by atoms with Gasteiger partial charge in [-0.05, 0) is 37.9 Å². The first kappa shape index (κ1) is 19.7. The fraction of sp³-hybridized carbons (Fsp3) is 0.579. The topological polar surface area (TPSA) is 52.7 Å². The van der Waals surface area contributed by atoms with E-state index in [9.17, 15) is 9.59 Å². The summed E-state index contributed by atoms with van der Waals surface area (Å²) in [6.07, 6.45) is 2.60. The molecular weight excluding hydrogens is 338 g/mol. The zero-order chi connectivity index (χ0) is 16.9. The van der Waals surface area contributed by atoms with Gasteiger partial charge in [-0.2, -0.15) is 0 Å². The van der Waals surface area contributed by atoms with E-state index in [0.717, 1.165) is 31.6 Å². The predicted octanol–water partition coefficient (Wildman–Crippen LogP) is 1.91. The molecular formula is C19H28ClN3O2. The van der Waals surface area contributed by atoms with E-state index in [4.69, 9.17) is 0 Å². The third kappa shape index (κ3) is 4.95. The summed E-state index contributed by atoms with van der Waals surface area (Å²) in [5.74, 6) is 0.625. The number of nitrogens with one attached hydrogen (secondary N) is 1. The second-order valence-corrected chi connectivity index (χ2v) is 7.01. The summed E-state index contributed by atoms with van der Waals surface area (Å²) in [6, 6.07) is 9.98. The molecule has 1 N–H and O–H groups in total. The number of hydrogen-bond acceptors (Lipinski definition) is 3. The van der Waals surface area contributed by atoms with Gasteiger partial charge in [0.05, 0.1) is 5.92 Å². The van der Waals surface area contributed by atoms with E-state index < -0.39 is 0 Å². The van der Waals surface area contributed by atoms with Gasteiger partial charge in [0.15, 0.2) is 0 Å². The highest BCUT2D eigenvalue weighted by molar-refractivity contribution is 5.89. The summed E-state index contributed by atoms with van der Waals surface area (Å²) in [5.41, 5.74) is 1.12. The number of hydrogen-bond donors (Lipinski definition) is 1. The number of benzene rings is 1.